The molecule has 1 aliphatic heterocycles. The van der Waals surface area contributed by atoms with Crippen LogP contribution in [0.15, 0.2) is 23.4 Å². The Morgan fingerprint density at radius 3 is 3.00 bits per heavy atom. The van der Waals surface area contributed by atoms with E-state index in [-0.39, 0.29) is 4.90 Å². The molecule has 5 nitrogen and oxygen atoms in total. The van der Waals surface area contributed by atoms with Gasteiger partial charge in [-0.15, -0.1) is 0 Å². The molecule has 2 rings (SSSR count). The van der Waals surface area contributed by atoms with Crippen molar-refractivity contribution in [3.8, 4) is 0 Å². The third kappa shape index (κ3) is 4.21. The molecule has 1 aromatic rings. The minimum atomic E-state index is -3.64. The third-order valence-electron chi connectivity index (χ3n) is 3.66. The van der Waals surface area contributed by atoms with E-state index >= 15 is 0 Å². The molecule has 1 saturated heterocycles. The van der Waals surface area contributed by atoms with Gasteiger partial charge >= 0.3 is 0 Å². The molecule has 21 heavy (non-hydrogen) atoms. The summed E-state index contributed by atoms with van der Waals surface area (Å²) < 4.78 is 39.7. The number of hydrogen-bond donors (Lipinski definition) is 1. The molecule has 0 radical (unpaired) electrons. The van der Waals surface area contributed by atoms with Gasteiger partial charge in [-0.3, -0.25) is 4.98 Å². The lowest BCUT2D eigenvalue weighted by Crippen LogP contribution is -2.42. The van der Waals surface area contributed by atoms with Gasteiger partial charge in [0, 0.05) is 19.3 Å². The van der Waals surface area contributed by atoms with Crippen LogP contribution in [0, 0.1) is 11.7 Å². The largest absolute Gasteiger partial charge is 0.316 e. The monoisotopic (exact) mass is 315 g/mol. The smallest absolute Gasteiger partial charge is 0.244 e. The number of rotatable bonds is 6. The summed E-state index contributed by atoms with van der Waals surface area (Å²) >= 11 is 0. The molecule has 118 valence electrons. The van der Waals surface area contributed by atoms with Crippen molar-refractivity contribution in [2.24, 2.45) is 5.92 Å². The Balaban J connectivity index is 2.06. The van der Waals surface area contributed by atoms with Crippen molar-refractivity contribution in [2.45, 2.75) is 31.1 Å². The van der Waals surface area contributed by atoms with Gasteiger partial charge < -0.3 is 5.32 Å². The van der Waals surface area contributed by atoms with Crippen LogP contribution in [0.25, 0.3) is 0 Å². The van der Waals surface area contributed by atoms with Crippen LogP contribution in [-0.2, 0) is 10.0 Å². The summed E-state index contributed by atoms with van der Waals surface area (Å²) in [7, 11) is -3.64. The lowest BCUT2D eigenvalue weighted by molar-refractivity contribution is 0.260. The van der Waals surface area contributed by atoms with Crippen LogP contribution in [0.5, 0.6) is 0 Å². The zero-order valence-electron chi connectivity index (χ0n) is 12.3. The third-order valence-corrected chi connectivity index (χ3v) is 5.49. The molecule has 0 spiro atoms. The molecule has 1 N–H and O–H groups in total. The Hall–Kier alpha value is -1.05. The maximum absolute atomic E-state index is 13.2. The Bertz CT molecular complexity index is 565. The number of nitrogens with zero attached hydrogens (tertiary/aromatic N) is 2. The lowest BCUT2D eigenvalue weighted by Gasteiger charge is -2.32. The fourth-order valence-electron chi connectivity index (χ4n) is 2.58. The van der Waals surface area contributed by atoms with E-state index in [2.05, 4.69) is 17.2 Å². The number of aromatic nitrogens is 1. The molecule has 7 heteroatoms. The molecule has 0 aromatic carbocycles. The van der Waals surface area contributed by atoms with Gasteiger partial charge in [-0.25, -0.2) is 12.8 Å². The van der Waals surface area contributed by atoms with Crippen molar-refractivity contribution in [3.63, 3.8) is 0 Å². The number of pyridine rings is 1. The van der Waals surface area contributed by atoms with Crippen LogP contribution in [0.3, 0.4) is 0 Å². The molecule has 1 aliphatic rings. The van der Waals surface area contributed by atoms with E-state index in [1.54, 1.807) is 0 Å². The predicted octanol–water partition coefficient (Wildman–Crippen LogP) is 1.62. The second-order valence-electron chi connectivity index (χ2n) is 5.41. The van der Waals surface area contributed by atoms with E-state index in [4.69, 9.17) is 0 Å². The van der Waals surface area contributed by atoms with Gasteiger partial charge in [0.15, 0.2) is 0 Å². The molecule has 0 aliphatic carbocycles. The van der Waals surface area contributed by atoms with Gasteiger partial charge in [0.2, 0.25) is 10.0 Å². The fraction of sp³-hybridized carbons (Fsp3) is 0.643. The number of hydrogen-bond acceptors (Lipinski definition) is 4. The summed E-state index contributed by atoms with van der Waals surface area (Å²) in [6, 6.07) is 1.03. The highest BCUT2D eigenvalue weighted by atomic mass is 32.2. The normalized spacial score (nSPS) is 20.6. The van der Waals surface area contributed by atoms with Crippen LogP contribution in [-0.4, -0.2) is 43.9 Å². The number of piperidine rings is 1. The van der Waals surface area contributed by atoms with E-state index in [1.807, 2.05) is 0 Å². The quantitative estimate of drug-likeness (QED) is 0.810. The van der Waals surface area contributed by atoms with Crippen molar-refractivity contribution in [3.05, 3.63) is 24.3 Å². The van der Waals surface area contributed by atoms with Crippen LogP contribution in [0.2, 0.25) is 0 Å². The molecule has 1 atom stereocenters. The van der Waals surface area contributed by atoms with Crippen LogP contribution < -0.4 is 5.32 Å². The van der Waals surface area contributed by atoms with E-state index in [1.165, 1.54) is 10.5 Å². The van der Waals surface area contributed by atoms with Gasteiger partial charge in [0.1, 0.15) is 10.7 Å². The first-order valence-electron chi connectivity index (χ1n) is 7.35. The summed E-state index contributed by atoms with van der Waals surface area (Å²) in [5.74, 6) is -0.323. The van der Waals surface area contributed by atoms with Crippen LogP contribution in [0.1, 0.15) is 26.2 Å². The number of halogens is 1. The minimum absolute atomic E-state index is 0.0651. The molecule has 0 saturated carbocycles. The van der Waals surface area contributed by atoms with Crippen molar-refractivity contribution in [1.29, 1.82) is 0 Å². The summed E-state index contributed by atoms with van der Waals surface area (Å²) in [5.41, 5.74) is 0. The van der Waals surface area contributed by atoms with Crippen LogP contribution in [0.4, 0.5) is 4.39 Å². The lowest BCUT2D eigenvalue weighted by atomic mass is 10.00. The first-order chi connectivity index (χ1) is 10.0. The molecule has 1 fully saturated rings. The van der Waals surface area contributed by atoms with Crippen LogP contribution >= 0.6 is 0 Å². The second-order valence-corrected chi connectivity index (χ2v) is 7.35. The Kier molecular flexibility index (Phi) is 5.66. The summed E-state index contributed by atoms with van der Waals surface area (Å²) in [6.07, 6.45) is 5.12. The van der Waals surface area contributed by atoms with E-state index in [9.17, 15) is 12.8 Å². The van der Waals surface area contributed by atoms with Crippen molar-refractivity contribution < 1.29 is 12.8 Å². The zero-order valence-corrected chi connectivity index (χ0v) is 13.1. The minimum Gasteiger partial charge on any atom is -0.316 e. The van der Waals surface area contributed by atoms with Gasteiger partial charge in [0.25, 0.3) is 0 Å². The van der Waals surface area contributed by atoms with Crippen molar-refractivity contribution in [1.82, 2.24) is 14.6 Å². The first-order valence-corrected chi connectivity index (χ1v) is 8.79. The van der Waals surface area contributed by atoms with Crippen molar-refractivity contribution in [2.75, 3.05) is 26.2 Å². The highest BCUT2D eigenvalue weighted by molar-refractivity contribution is 7.89. The molecular formula is C14H22FN3O2S. The average Bonchev–Trinajstić information content (AvgIpc) is 2.48. The van der Waals surface area contributed by atoms with Gasteiger partial charge in [-0.1, -0.05) is 6.92 Å². The molecule has 2 heterocycles. The molecule has 0 bridgehead atoms. The van der Waals surface area contributed by atoms with E-state index in [0.29, 0.717) is 19.0 Å². The van der Waals surface area contributed by atoms with Gasteiger partial charge in [-0.05, 0) is 44.3 Å². The highest BCUT2D eigenvalue weighted by Gasteiger charge is 2.30. The van der Waals surface area contributed by atoms with E-state index < -0.39 is 15.8 Å². The number of sulfonamides is 1. The zero-order chi connectivity index (χ0) is 15.3. The molecule has 0 amide bonds. The standard InChI is InChI=1S/C14H22FN3O2S/c1-2-5-16-8-12-4-3-6-18(11-12)21(19,20)14-7-13(15)9-17-10-14/h7,9-10,12,16H,2-6,8,11H2,1H3. The molecule has 1 unspecified atom stereocenters. The Morgan fingerprint density at radius 1 is 1.48 bits per heavy atom. The highest BCUT2D eigenvalue weighted by Crippen LogP contribution is 2.23. The first kappa shape index (κ1) is 16.3. The topological polar surface area (TPSA) is 62.3 Å². The predicted molar refractivity (Wildman–Crippen MR) is 78.8 cm³/mol. The summed E-state index contributed by atoms with van der Waals surface area (Å²) in [4.78, 5) is 3.57. The Labute approximate surface area is 125 Å². The average molecular weight is 315 g/mol. The van der Waals surface area contributed by atoms with Gasteiger partial charge in [-0.2, -0.15) is 4.31 Å². The fourth-order valence-corrected chi connectivity index (χ4v) is 4.11. The van der Waals surface area contributed by atoms with Crippen molar-refractivity contribution >= 4 is 10.0 Å². The summed E-state index contributed by atoms with van der Waals surface area (Å²) in [5, 5.41) is 3.33. The molecular weight excluding hydrogens is 293 g/mol. The van der Waals surface area contributed by atoms with E-state index in [0.717, 1.165) is 44.6 Å². The maximum Gasteiger partial charge on any atom is 0.244 e. The Morgan fingerprint density at radius 2 is 2.29 bits per heavy atom. The second kappa shape index (κ2) is 7.29. The maximum atomic E-state index is 13.2. The molecule has 1 aromatic heterocycles. The van der Waals surface area contributed by atoms with Gasteiger partial charge in [0.05, 0.1) is 6.20 Å². The number of nitrogens with one attached hydrogen (secondary N) is 1. The summed E-state index contributed by atoms with van der Waals surface area (Å²) in [6.45, 7) is 4.83. The SMILES string of the molecule is CCCNCC1CCCN(S(=O)(=O)c2cncc(F)c2)C1.